The summed E-state index contributed by atoms with van der Waals surface area (Å²) < 4.78 is 46.4. The highest BCUT2D eigenvalue weighted by Crippen LogP contribution is 2.37. The third kappa shape index (κ3) is 2.10. The van der Waals surface area contributed by atoms with E-state index in [-0.39, 0.29) is 5.75 Å². The molecule has 14 heavy (non-hydrogen) atoms. The summed E-state index contributed by atoms with van der Waals surface area (Å²) in [7, 11) is 2.56. The van der Waals surface area contributed by atoms with E-state index in [4.69, 9.17) is 4.74 Å². The number of ether oxygens (including phenoxy) is 2. The van der Waals surface area contributed by atoms with Crippen LogP contribution in [0.4, 0.5) is 13.2 Å². The maximum Gasteiger partial charge on any atom is 0.419 e. The van der Waals surface area contributed by atoms with Crippen LogP contribution in [-0.2, 0) is 6.18 Å². The summed E-state index contributed by atoms with van der Waals surface area (Å²) >= 11 is 0. The molecule has 0 saturated carbocycles. The Morgan fingerprint density at radius 1 is 1.07 bits per heavy atom. The highest BCUT2D eigenvalue weighted by molar-refractivity contribution is 5.42. The van der Waals surface area contributed by atoms with Crippen molar-refractivity contribution in [3.8, 4) is 11.5 Å². The highest BCUT2D eigenvalue weighted by Gasteiger charge is 2.34. The molecular formula is C9H9F3O2. The van der Waals surface area contributed by atoms with Crippen LogP contribution in [0.3, 0.4) is 0 Å². The first-order valence-electron chi connectivity index (χ1n) is 3.78. The third-order valence-corrected chi connectivity index (χ3v) is 1.71. The second-order valence-electron chi connectivity index (χ2n) is 2.56. The normalized spacial score (nSPS) is 11.2. The van der Waals surface area contributed by atoms with E-state index >= 15 is 0 Å². The van der Waals surface area contributed by atoms with Crippen molar-refractivity contribution >= 4 is 0 Å². The molecule has 0 N–H and O–H groups in total. The predicted molar refractivity (Wildman–Crippen MR) is 44.5 cm³/mol. The average molecular weight is 206 g/mol. The van der Waals surface area contributed by atoms with Crippen molar-refractivity contribution in [3.05, 3.63) is 23.8 Å². The van der Waals surface area contributed by atoms with Gasteiger partial charge >= 0.3 is 6.18 Å². The van der Waals surface area contributed by atoms with Crippen molar-refractivity contribution in [3.63, 3.8) is 0 Å². The Kier molecular flexibility index (Phi) is 2.88. The fourth-order valence-corrected chi connectivity index (χ4v) is 1.03. The summed E-state index contributed by atoms with van der Waals surface area (Å²) in [6.07, 6.45) is -4.41. The molecule has 2 nitrogen and oxygen atoms in total. The molecule has 1 rings (SSSR count). The van der Waals surface area contributed by atoms with Crippen molar-refractivity contribution in [1.29, 1.82) is 0 Å². The Labute approximate surface area is 79.2 Å². The van der Waals surface area contributed by atoms with Crippen LogP contribution in [0.5, 0.6) is 11.5 Å². The minimum Gasteiger partial charge on any atom is -0.497 e. The molecule has 78 valence electrons. The first-order valence-corrected chi connectivity index (χ1v) is 3.78. The Hall–Kier alpha value is -1.39. The Balaban J connectivity index is 3.18. The van der Waals surface area contributed by atoms with Crippen molar-refractivity contribution in [2.24, 2.45) is 0 Å². The first-order chi connectivity index (χ1) is 6.49. The van der Waals surface area contributed by atoms with Crippen LogP contribution >= 0.6 is 0 Å². The van der Waals surface area contributed by atoms with Gasteiger partial charge in [0, 0.05) is 6.07 Å². The lowest BCUT2D eigenvalue weighted by molar-refractivity contribution is -0.138. The minimum absolute atomic E-state index is 0.239. The zero-order valence-electron chi connectivity index (χ0n) is 7.68. The van der Waals surface area contributed by atoms with Crippen molar-refractivity contribution in [1.82, 2.24) is 0 Å². The standard InChI is InChI=1S/C9H9F3O2/c1-13-6-3-4-7(9(10,11)12)8(5-6)14-2/h3-5H,1-2H3. The average Bonchev–Trinajstić information content (AvgIpc) is 2.15. The molecule has 0 fully saturated rings. The molecule has 0 amide bonds. The second kappa shape index (κ2) is 3.77. The Morgan fingerprint density at radius 3 is 2.14 bits per heavy atom. The van der Waals surface area contributed by atoms with Gasteiger partial charge in [-0.05, 0) is 12.1 Å². The smallest absolute Gasteiger partial charge is 0.419 e. The molecule has 1 aromatic carbocycles. The zero-order valence-corrected chi connectivity index (χ0v) is 7.68. The molecule has 0 saturated heterocycles. The molecule has 0 atom stereocenters. The number of alkyl halides is 3. The summed E-state index contributed by atoms with van der Waals surface area (Å²) in [5, 5.41) is 0. The van der Waals surface area contributed by atoms with Gasteiger partial charge in [-0.25, -0.2) is 0 Å². The Morgan fingerprint density at radius 2 is 1.71 bits per heavy atom. The van der Waals surface area contributed by atoms with Gasteiger partial charge in [-0.3, -0.25) is 0 Å². The van der Waals surface area contributed by atoms with Gasteiger partial charge in [0.05, 0.1) is 19.8 Å². The van der Waals surface area contributed by atoms with Crippen LogP contribution in [0.1, 0.15) is 5.56 Å². The number of hydrogen-bond acceptors (Lipinski definition) is 2. The van der Waals surface area contributed by atoms with E-state index in [0.29, 0.717) is 5.75 Å². The SMILES string of the molecule is COc1ccc(C(F)(F)F)c(OC)c1. The molecule has 0 aliphatic rings. The van der Waals surface area contributed by atoms with E-state index in [2.05, 4.69) is 4.74 Å². The van der Waals surface area contributed by atoms with Gasteiger partial charge in [0.25, 0.3) is 0 Å². The topological polar surface area (TPSA) is 18.5 Å². The molecule has 0 aliphatic heterocycles. The van der Waals surface area contributed by atoms with Crippen molar-refractivity contribution in [2.75, 3.05) is 14.2 Å². The monoisotopic (exact) mass is 206 g/mol. The Bertz CT molecular complexity index is 320. The highest BCUT2D eigenvalue weighted by atomic mass is 19.4. The summed E-state index contributed by atoms with van der Waals surface area (Å²) in [6, 6.07) is 3.37. The number of benzene rings is 1. The molecular weight excluding hydrogens is 197 g/mol. The molecule has 0 aromatic heterocycles. The van der Waals surface area contributed by atoms with Gasteiger partial charge in [-0.2, -0.15) is 13.2 Å². The lowest BCUT2D eigenvalue weighted by atomic mass is 10.2. The van der Waals surface area contributed by atoms with Crippen LogP contribution in [0.25, 0.3) is 0 Å². The molecule has 0 unspecified atom stereocenters. The lowest BCUT2D eigenvalue weighted by Crippen LogP contribution is -2.07. The van der Waals surface area contributed by atoms with Gasteiger partial charge in [0.2, 0.25) is 0 Å². The van der Waals surface area contributed by atoms with Crippen LogP contribution in [0, 0.1) is 0 Å². The van der Waals surface area contributed by atoms with E-state index < -0.39 is 11.7 Å². The van der Waals surface area contributed by atoms with Gasteiger partial charge in [0.1, 0.15) is 11.5 Å². The minimum atomic E-state index is -4.41. The van der Waals surface area contributed by atoms with Crippen LogP contribution < -0.4 is 9.47 Å². The second-order valence-corrected chi connectivity index (χ2v) is 2.56. The van der Waals surface area contributed by atoms with E-state index in [1.165, 1.54) is 26.4 Å². The van der Waals surface area contributed by atoms with E-state index in [1.54, 1.807) is 0 Å². The predicted octanol–water partition coefficient (Wildman–Crippen LogP) is 2.72. The molecule has 0 heterocycles. The van der Waals surface area contributed by atoms with Crippen molar-refractivity contribution in [2.45, 2.75) is 6.18 Å². The van der Waals surface area contributed by atoms with Gasteiger partial charge < -0.3 is 9.47 Å². The largest absolute Gasteiger partial charge is 0.497 e. The number of methoxy groups -OCH3 is 2. The zero-order chi connectivity index (χ0) is 10.8. The fourth-order valence-electron chi connectivity index (χ4n) is 1.03. The van der Waals surface area contributed by atoms with Crippen molar-refractivity contribution < 1.29 is 22.6 Å². The molecule has 0 aliphatic carbocycles. The molecule has 0 bridgehead atoms. The summed E-state index contributed by atoms with van der Waals surface area (Å²) in [5.74, 6) is 0.0895. The quantitative estimate of drug-likeness (QED) is 0.740. The van der Waals surface area contributed by atoms with E-state index in [1.807, 2.05) is 0 Å². The van der Waals surface area contributed by atoms with Crippen LogP contribution in [-0.4, -0.2) is 14.2 Å². The van der Waals surface area contributed by atoms with Gasteiger partial charge in [-0.15, -0.1) is 0 Å². The number of rotatable bonds is 2. The molecule has 0 radical (unpaired) electrons. The van der Waals surface area contributed by atoms with Crippen LogP contribution in [0.15, 0.2) is 18.2 Å². The first kappa shape index (κ1) is 10.7. The lowest BCUT2D eigenvalue weighted by Gasteiger charge is -2.12. The molecule has 1 aromatic rings. The maximum absolute atomic E-state index is 12.4. The van der Waals surface area contributed by atoms with Crippen LogP contribution in [0.2, 0.25) is 0 Å². The summed E-state index contributed by atoms with van der Waals surface area (Å²) in [6.45, 7) is 0. The van der Waals surface area contributed by atoms with E-state index in [9.17, 15) is 13.2 Å². The molecule has 0 spiro atoms. The van der Waals surface area contributed by atoms with Gasteiger partial charge in [-0.1, -0.05) is 0 Å². The molecule has 5 heteroatoms. The summed E-state index contributed by atoms with van der Waals surface area (Å²) in [4.78, 5) is 0. The van der Waals surface area contributed by atoms with Gasteiger partial charge in [0.15, 0.2) is 0 Å². The fraction of sp³-hybridized carbons (Fsp3) is 0.333. The number of halogens is 3. The number of hydrogen-bond donors (Lipinski definition) is 0. The summed E-state index contributed by atoms with van der Waals surface area (Å²) in [5.41, 5.74) is -0.805. The van der Waals surface area contributed by atoms with E-state index in [0.717, 1.165) is 6.07 Å². The maximum atomic E-state index is 12.4. The third-order valence-electron chi connectivity index (χ3n) is 1.71.